The minimum Gasteiger partial charge on any atom is -0.339 e. The van der Waals surface area contributed by atoms with E-state index in [1.807, 2.05) is 26.8 Å². The molecule has 0 spiro atoms. The van der Waals surface area contributed by atoms with Crippen molar-refractivity contribution in [2.45, 2.75) is 39.7 Å². The predicted molar refractivity (Wildman–Crippen MR) is 47.4 cm³/mol. The third-order valence-corrected chi connectivity index (χ3v) is 1.64. The molecule has 0 aliphatic rings. The fourth-order valence-electron chi connectivity index (χ4n) is 1.08. The summed E-state index contributed by atoms with van der Waals surface area (Å²) in [6.45, 7) is 6.70. The van der Waals surface area contributed by atoms with Gasteiger partial charge in [-0.1, -0.05) is 6.92 Å². The van der Waals surface area contributed by atoms with E-state index in [0.29, 0.717) is 0 Å². The van der Waals surface area contributed by atoms with Gasteiger partial charge >= 0.3 is 0 Å². The Morgan fingerprint density at radius 3 is 2.50 bits per heavy atom. The average molecular weight is 168 g/mol. The van der Waals surface area contributed by atoms with Crippen LogP contribution in [-0.4, -0.2) is 23.4 Å². The standard InChI is InChI=1S/C9H16N2O/c1-4-7-11(8(2)3)9(12)5-6-10/h8H,4-5,7H2,1-3H3. The lowest BCUT2D eigenvalue weighted by Crippen LogP contribution is -2.37. The maximum absolute atomic E-state index is 11.3. The zero-order valence-electron chi connectivity index (χ0n) is 8.00. The molecule has 3 nitrogen and oxygen atoms in total. The van der Waals surface area contributed by atoms with E-state index in [0.717, 1.165) is 13.0 Å². The molecule has 0 aromatic rings. The summed E-state index contributed by atoms with van der Waals surface area (Å²) in [5, 5.41) is 8.34. The summed E-state index contributed by atoms with van der Waals surface area (Å²) in [6, 6.07) is 2.07. The number of nitriles is 1. The molecule has 0 aromatic carbocycles. The van der Waals surface area contributed by atoms with Gasteiger partial charge in [0.1, 0.15) is 6.42 Å². The Labute approximate surface area is 74.0 Å². The number of nitrogens with zero attached hydrogens (tertiary/aromatic N) is 2. The minimum atomic E-state index is -0.0608. The zero-order chi connectivity index (χ0) is 9.56. The lowest BCUT2D eigenvalue weighted by Gasteiger charge is -2.25. The highest BCUT2D eigenvalue weighted by Crippen LogP contribution is 2.02. The van der Waals surface area contributed by atoms with Gasteiger partial charge in [-0.2, -0.15) is 5.26 Å². The predicted octanol–water partition coefficient (Wildman–Crippen LogP) is 1.55. The van der Waals surface area contributed by atoms with E-state index in [9.17, 15) is 4.79 Å². The SMILES string of the molecule is CCCN(C(=O)CC#N)C(C)C. The van der Waals surface area contributed by atoms with Crippen LogP contribution in [0.5, 0.6) is 0 Å². The molecule has 0 heterocycles. The third kappa shape index (κ3) is 3.38. The number of hydrogen-bond acceptors (Lipinski definition) is 2. The topological polar surface area (TPSA) is 44.1 Å². The van der Waals surface area contributed by atoms with Gasteiger partial charge in [0.25, 0.3) is 0 Å². The summed E-state index contributed by atoms with van der Waals surface area (Å²) in [6.07, 6.45) is 0.938. The first-order valence-electron chi connectivity index (χ1n) is 4.29. The molecule has 0 radical (unpaired) electrons. The Bertz CT molecular complexity index is 181. The maximum Gasteiger partial charge on any atom is 0.237 e. The molecule has 0 aliphatic heterocycles. The lowest BCUT2D eigenvalue weighted by molar-refractivity contribution is -0.131. The van der Waals surface area contributed by atoms with E-state index in [1.54, 1.807) is 4.90 Å². The fraction of sp³-hybridized carbons (Fsp3) is 0.778. The van der Waals surface area contributed by atoms with Crippen molar-refractivity contribution >= 4 is 5.91 Å². The summed E-state index contributed by atoms with van der Waals surface area (Å²) in [5.41, 5.74) is 0. The summed E-state index contributed by atoms with van der Waals surface area (Å²) in [7, 11) is 0. The Hall–Kier alpha value is -1.04. The van der Waals surface area contributed by atoms with E-state index in [2.05, 4.69) is 0 Å². The number of rotatable bonds is 4. The molecule has 12 heavy (non-hydrogen) atoms. The van der Waals surface area contributed by atoms with Crippen LogP contribution in [0.1, 0.15) is 33.6 Å². The molecule has 0 N–H and O–H groups in total. The molecular formula is C9H16N2O. The molecule has 3 heteroatoms. The quantitative estimate of drug-likeness (QED) is 0.639. The molecule has 1 amide bonds. The van der Waals surface area contributed by atoms with Gasteiger partial charge in [-0.25, -0.2) is 0 Å². The van der Waals surface area contributed by atoms with Crippen LogP contribution in [0.4, 0.5) is 0 Å². The molecule has 0 fully saturated rings. The van der Waals surface area contributed by atoms with Gasteiger partial charge in [0, 0.05) is 12.6 Å². The first-order valence-corrected chi connectivity index (χ1v) is 4.29. The van der Waals surface area contributed by atoms with Crippen molar-refractivity contribution in [2.24, 2.45) is 0 Å². The normalized spacial score (nSPS) is 9.58. The van der Waals surface area contributed by atoms with Crippen molar-refractivity contribution < 1.29 is 4.79 Å². The van der Waals surface area contributed by atoms with Gasteiger partial charge in [0.2, 0.25) is 5.91 Å². The van der Waals surface area contributed by atoms with E-state index in [-0.39, 0.29) is 18.4 Å². The van der Waals surface area contributed by atoms with Crippen molar-refractivity contribution in [3.05, 3.63) is 0 Å². The van der Waals surface area contributed by atoms with Crippen molar-refractivity contribution in [3.8, 4) is 6.07 Å². The van der Waals surface area contributed by atoms with Gasteiger partial charge in [0.05, 0.1) is 6.07 Å². The van der Waals surface area contributed by atoms with Gasteiger partial charge in [0.15, 0.2) is 0 Å². The second-order valence-electron chi connectivity index (χ2n) is 3.02. The van der Waals surface area contributed by atoms with Crippen LogP contribution in [0.2, 0.25) is 0 Å². The molecule has 0 atom stereocenters. The number of hydrogen-bond donors (Lipinski definition) is 0. The van der Waals surface area contributed by atoms with Crippen LogP contribution in [0, 0.1) is 11.3 Å². The molecule has 0 bridgehead atoms. The minimum absolute atomic E-state index is 0.00181. The first-order chi connectivity index (χ1) is 5.63. The first kappa shape index (κ1) is 11.0. The van der Waals surface area contributed by atoms with Crippen LogP contribution >= 0.6 is 0 Å². The van der Waals surface area contributed by atoms with Gasteiger partial charge in [-0.15, -0.1) is 0 Å². The second-order valence-corrected chi connectivity index (χ2v) is 3.02. The van der Waals surface area contributed by atoms with E-state index in [1.165, 1.54) is 0 Å². The van der Waals surface area contributed by atoms with Crippen molar-refractivity contribution in [3.63, 3.8) is 0 Å². The van der Waals surface area contributed by atoms with E-state index < -0.39 is 0 Å². The second kappa shape index (κ2) is 5.59. The number of amides is 1. The Morgan fingerprint density at radius 2 is 2.17 bits per heavy atom. The van der Waals surface area contributed by atoms with Crippen LogP contribution in [0.3, 0.4) is 0 Å². The highest BCUT2D eigenvalue weighted by atomic mass is 16.2. The number of carbonyl (C=O) groups is 1. The molecule has 0 saturated carbocycles. The van der Waals surface area contributed by atoms with Gasteiger partial charge in [-0.05, 0) is 20.3 Å². The monoisotopic (exact) mass is 168 g/mol. The van der Waals surface area contributed by atoms with Gasteiger partial charge < -0.3 is 4.90 Å². The summed E-state index contributed by atoms with van der Waals surface area (Å²) in [5.74, 6) is -0.0608. The van der Waals surface area contributed by atoms with Crippen LogP contribution in [0.15, 0.2) is 0 Å². The smallest absolute Gasteiger partial charge is 0.237 e. The zero-order valence-corrected chi connectivity index (χ0v) is 8.00. The summed E-state index contributed by atoms with van der Waals surface area (Å²) < 4.78 is 0. The van der Waals surface area contributed by atoms with Crippen LogP contribution < -0.4 is 0 Å². The molecule has 0 aliphatic carbocycles. The maximum atomic E-state index is 11.3. The third-order valence-electron chi connectivity index (χ3n) is 1.64. The largest absolute Gasteiger partial charge is 0.339 e. The van der Waals surface area contributed by atoms with Gasteiger partial charge in [-0.3, -0.25) is 4.79 Å². The van der Waals surface area contributed by atoms with Crippen molar-refractivity contribution in [1.29, 1.82) is 5.26 Å². The van der Waals surface area contributed by atoms with Crippen molar-refractivity contribution in [2.75, 3.05) is 6.54 Å². The molecule has 0 rings (SSSR count). The summed E-state index contributed by atoms with van der Waals surface area (Å²) >= 11 is 0. The summed E-state index contributed by atoms with van der Waals surface area (Å²) in [4.78, 5) is 13.0. The Kier molecular flexibility index (Phi) is 5.11. The highest BCUT2D eigenvalue weighted by molar-refractivity contribution is 5.78. The highest BCUT2D eigenvalue weighted by Gasteiger charge is 2.14. The molecular weight excluding hydrogens is 152 g/mol. The Balaban J connectivity index is 4.11. The van der Waals surface area contributed by atoms with E-state index >= 15 is 0 Å². The molecule has 68 valence electrons. The van der Waals surface area contributed by atoms with Crippen LogP contribution in [0.25, 0.3) is 0 Å². The molecule has 0 saturated heterocycles. The Morgan fingerprint density at radius 1 is 1.58 bits per heavy atom. The molecule has 0 unspecified atom stereocenters. The lowest BCUT2D eigenvalue weighted by atomic mass is 10.2. The van der Waals surface area contributed by atoms with Crippen molar-refractivity contribution in [1.82, 2.24) is 4.90 Å². The van der Waals surface area contributed by atoms with Crippen LogP contribution in [-0.2, 0) is 4.79 Å². The van der Waals surface area contributed by atoms with E-state index in [4.69, 9.17) is 5.26 Å². The fourth-order valence-corrected chi connectivity index (χ4v) is 1.08. The molecule has 0 aromatic heterocycles. The number of carbonyl (C=O) groups excluding carboxylic acids is 1. The average Bonchev–Trinajstić information content (AvgIpc) is 1.99.